The topological polar surface area (TPSA) is 144 Å². The smallest absolute Gasteiger partial charge is 0.334 e. The Kier molecular flexibility index (Phi) is 10.6. The molecule has 0 bridgehead atoms. The highest BCUT2D eigenvalue weighted by Gasteiger charge is 2.43. The summed E-state index contributed by atoms with van der Waals surface area (Å²) in [6.07, 6.45) is 6.13. The van der Waals surface area contributed by atoms with E-state index in [1.807, 2.05) is 18.2 Å². The molecule has 0 fully saturated rings. The van der Waals surface area contributed by atoms with Crippen LogP contribution in [0.5, 0.6) is 0 Å². The van der Waals surface area contributed by atoms with E-state index < -0.39 is 34.7 Å². The Morgan fingerprint density at radius 3 is 2.03 bits per heavy atom. The molecule has 9 nitrogen and oxygen atoms in total. The fourth-order valence-electron chi connectivity index (χ4n) is 4.22. The van der Waals surface area contributed by atoms with E-state index in [9.17, 15) is 24.9 Å². The van der Waals surface area contributed by atoms with Gasteiger partial charge in [-0.25, -0.2) is 4.79 Å². The monoisotopic (exact) mass is 512 g/mol. The van der Waals surface area contributed by atoms with Gasteiger partial charge >= 0.3 is 11.9 Å². The Labute approximate surface area is 214 Å². The predicted octanol–water partition coefficient (Wildman–Crippen LogP) is 5.99. The first-order valence-electron chi connectivity index (χ1n) is 12.2. The van der Waals surface area contributed by atoms with Gasteiger partial charge in [0.1, 0.15) is 6.42 Å². The Balaban J connectivity index is 1.57. The normalized spacial score (nSPS) is 15.6. The number of thioether (sulfide) groups is 1. The minimum Gasteiger partial charge on any atom is -0.481 e. The Bertz CT molecular complexity index is 1050. The SMILES string of the molecule is O=C(O)CC1(SC(c2ccccc2CCCCCCCCc2ccccc2)C(O)C(=O)O)N=NN=N1. The number of aliphatic hydroxyl groups is 1. The Hall–Kier alpha value is -3.11. The summed E-state index contributed by atoms with van der Waals surface area (Å²) in [4.78, 5) is 21.5. The molecule has 3 rings (SSSR count). The largest absolute Gasteiger partial charge is 0.481 e. The molecule has 36 heavy (non-hydrogen) atoms. The number of hydrogen-bond acceptors (Lipinski definition) is 8. The first-order valence-corrected chi connectivity index (χ1v) is 13.0. The number of aliphatic hydroxyl groups excluding tert-OH is 1. The maximum absolute atomic E-state index is 11.7. The third-order valence-electron chi connectivity index (χ3n) is 6.04. The summed E-state index contributed by atoms with van der Waals surface area (Å²) in [5.41, 5.74) is 2.91. The van der Waals surface area contributed by atoms with Gasteiger partial charge in [0.15, 0.2) is 6.10 Å². The molecule has 2 unspecified atom stereocenters. The van der Waals surface area contributed by atoms with Gasteiger partial charge in [0.25, 0.3) is 4.99 Å². The minimum absolute atomic E-state index is 0.528. The van der Waals surface area contributed by atoms with Gasteiger partial charge in [-0.3, -0.25) is 4.79 Å². The number of unbranched alkanes of at least 4 members (excludes halogenated alkanes) is 5. The molecule has 2 atom stereocenters. The second-order valence-corrected chi connectivity index (χ2v) is 10.2. The number of aliphatic carboxylic acids is 2. The van der Waals surface area contributed by atoms with Crippen molar-refractivity contribution in [1.29, 1.82) is 0 Å². The number of aryl methyl sites for hydroxylation is 2. The lowest BCUT2D eigenvalue weighted by Gasteiger charge is -2.28. The fourth-order valence-corrected chi connectivity index (χ4v) is 5.61. The number of carbonyl (C=O) groups is 2. The van der Waals surface area contributed by atoms with Crippen LogP contribution in [-0.4, -0.2) is 38.4 Å². The van der Waals surface area contributed by atoms with E-state index in [1.54, 1.807) is 12.1 Å². The van der Waals surface area contributed by atoms with E-state index in [2.05, 4.69) is 44.9 Å². The second kappa shape index (κ2) is 13.8. The molecule has 1 heterocycles. The lowest BCUT2D eigenvalue weighted by Crippen LogP contribution is -2.31. The van der Waals surface area contributed by atoms with Gasteiger partial charge in [0.2, 0.25) is 0 Å². The number of rotatable bonds is 16. The lowest BCUT2D eigenvalue weighted by atomic mass is 9.96. The van der Waals surface area contributed by atoms with Crippen LogP contribution in [0.15, 0.2) is 75.3 Å². The zero-order valence-corrected chi connectivity index (χ0v) is 20.9. The van der Waals surface area contributed by atoms with Crippen molar-refractivity contribution in [3.63, 3.8) is 0 Å². The molecule has 2 aromatic rings. The van der Waals surface area contributed by atoms with Crippen LogP contribution < -0.4 is 0 Å². The third-order valence-corrected chi connectivity index (χ3v) is 7.50. The molecular formula is C26H32N4O5S. The molecule has 192 valence electrons. The maximum atomic E-state index is 11.7. The summed E-state index contributed by atoms with van der Waals surface area (Å²) in [6.45, 7) is 0. The van der Waals surface area contributed by atoms with Crippen LogP contribution in [0.1, 0.15) is 66.9 Å². The summed E-state index contributed by atoms with van der Waals surface area (Å²) in [5.74, 6) is -2.59. The Morgan fingerprint density at radius 2 is 1.39 bits per heavy atom. The van der Waals surface area contributed by atoms with Gasteiger partial charge in [-0.05, 0) is 52.8 Å². The van der Waals surface area contributed by atoms with Crippen molar-refractivity contribution >= 4 is 23.7 Å². The highest BCUT2D eigenvalue weighted by molar-refractivity contribution is 8.01. The summed E-state index contributed by atoms with van der Waals surface area (Å²) in [6, 6.07) is 17.8. The second-order valence-electron chi connectivity index (χ2n) is 8.82. The van der Waals surface area contributed by atoms with Crippen molar-refractivity contribution in [3.8, 4) is 0 Å². The quantitative estimate of drug-likeness (QED) is 0.235. The van der Waals surface area contributed by atoms with Crippen LogP contribution >= 0.6 is 11.8 Å². The van der Waals surface area contributed by atoms with E-state index >= 15 is 0 Å². The first kappa shape index (κ1) is 27.5. The van der Waals surface area contributed by atoms with Crippen LogP contribution in [0.4, 0.5) is 0 Å². The van der Waals surface area contributed by atoms with E-state index in [1.165, 1.54) is 24.8 Å². The van der Waals surface area contributed by atoms with E-state index in [0.717, 1.165) is 49.4 Å². The zero-order chi connectivity index (χ0) is 25.8. The van der Waals surface area contributed by atoms with Gasteiger partial charge in [-0.1, -0.05) is 92.0 Å². The summed E-state index contributed by atoms with van der Waals surface area (Å²) < 4.78 is 0. The fraction of sp³-hybridized carbons (Fsp3) is 0.462. The third kappa shape index (κ3) is 8.23. The lowest BCUT2D eigenvalue weighted by molar-refractivity contribution is -0.146. The summed E-state index contributed by atoms with van der Waals surface area (Å²) in [7, 11) is 0. The molecule has 1 aliphatic heterocycles. The number of nitrogens with zero attached hydrogens (tertiary/aromatic N) is 4. The summed E-state index contributed by atoms with van der Waals surface area (Å²) >= 11 is 0.850. The molecule has 0 saturated carbocycles. The van der Waals surface area contributed by atoms with Crippen molar-refractivity contribution in [2.24, 2.45) is 20.7 Å². The molecule has 10 heteroatoms. The van der Waals surface area contributed by atoms with Gasteiger partial charge in [0, 0.05) is 0 Å². The standard InChI is InChI=1S/C26H32N4O5S/c31-22(32)18-26(27-29-30-28-26)36-24(23(33)25(34)35)21-17-11-10-16-20(21)15-9-4-2-1-3-6-12-19-13-7-5-8-14-19/h5,7-8,10-11,13-14,16-17,23-24,33H,1-4,6,9,12,15,18H2,(H,31,32)(H,34,35). The molecule has 0 amide bonds. The van der Waals surface area contributed by atoms with Gasteiger partial charge in [-0.15, -0.1) is 10.2 Å². The summed E-state index contributed by atoms with van der Waals surface area (Å²) in [5, 5.41) is 43.0. The van der Waals surface area contributed by atoms with Crippen molar-refractivity contribution < 1.29 is 24.9 Å². The highest BCUT2D eigenvalue weighted by atomic mass is 32.2. The van der Waals surface area contributed by atoms with Gasteiger partial charge in [0.05, 0.1) is 5.25 Å². The average Bonchev–Trinajstić information content (AvgIpc) is 3.32. The molecule has 0 aromatic heterocycles. The van der Waals surface area contributed by atoms with Crippen LogP contribution in [0.2, 0.25) is 0 Å². The van der Waals surface area contributed by atoms with Gasteiger partial charge in [-0.2, -0.15) is 0 Å². The molecule has 0 saturated heterocycles. The minimum atomic E-state index is -1.78. The van der Waals surface area contributed by atoms with E-state index in [4.69, 9.17) is 0 Å². The number of carboxylic acids is 2. The molecular weight excluding hydrogens is 480 g/mol. The maximum Gasteiger partial charge on any atom is 0.334 e. The molecule has 0 aliphatic carbocycles. The van der Waals surface area contributed by atoms with E-state index in [0.29, 0.717) is 5.56 Å². The molecule has 3 N–H and O–H groups in total. The molecule has 1 aliphatic rings. The van der Waals surface area contributed by atoms with E-state index in [-0.39, 0.29) is 0 Å². The molecule has 0 radical (unpaired) electrons. The predicted molar refractivity (Wildman–Crippen MR) is 137 cm³/mol. The van der Waals surface area contributed by atoms with Crippen LogP contribution in [0.25, 0.3) is 0 Å². The van der Waals surface area contributed by atoms with Crippen molar-refractivity contribution in [2.45, 2.75) is 74.1 Å². The van der Waals surface area contributed by atoms with Crippen molar-refractivity contribution in [2.75, 3.05) is 0 Å². The van der Waals surface area contributed by atoms with Crippen molar-refractivity contribution in [3.05, 3.63) is 71.3 Å². The molecule has 0 spiro atoms. The number of hydrogen-bond donors (Lipinski definition) is 3. The Morgan fingerprint density at radius 1 is 0.806 bits per heavy atom. The first-order chi connectivity index (χ1) is 17.4. The molecule has 2 aromatic carbocycles. The highest BCUT2D eigenvalue weighted by Crippen LogP contribution is 2.47. The van der Waals surface area contributed by atoms with Gasteiger partial charge < -0.3 is 15.3 Å². The number of carboxylic acid groups (broad SMARTS) is 2. The van der Waals surface area contributed by atoms with Crippen LogP contribution in [0.3, 0.4) is 0 Å². The zero-order valence-electron chi connectivity index (χ0n) is 20.1. The number of benzene rings is 2. The average molecular weight is 513 g/mol. The van der Waals surface area contributed by atoms with Crippen LogP contribution in [0, 0.1) is 0 Å². The van der Waals surface area contributed by atoms with Crippen LogP contribution in [-0.2, 0) is 22.4 Å². The van der Waals surface area contributed by atoms with Crippen molar-refractivity contribution in [1.82, 2.24) is 0 Å².